The van der Waals surface area contributed by atoms with E-state index in [0.717, 1.165) is 16.9 Å². The van der Waals surface area contributed by atoms with Gasteiger partial charge in [-0.05, 0) is 49.6 Å². The summed E-state index contributed by atoms with van der Waals surface area (Å²) < 4.78 is 6.33. The van der Waals surface area contributed by atoms with Crippen LogP contribution in [0.25, 0.3) is 0 Å². The number of hydrogen-bond donors (Lipinski definition) is 2. The van der Waals surface area contributed by atoms with Crippen molar-refractivity contribution in [1.29, 1.82) is 0 Å². The first-order valence-electron chi connectivity index (χ1n) is 9.10. The Labute approximate surface area is 174 Å². The third-order valence-electron chi connectivity index (χ3n) is 5.03. The highest BCUT2D eigenvalue weighted by Gasteiger charge is 2.42. The van der Waals surface area contributed by atoms with Crippen LogP contribution in [0.4, 0.5) is 0 Å². The lowest BCUT2D eigenvalue weighted by Gasteiger charge is -2.37. The highest BCUT2D eigenvalue weighted by atomic mass is 35.5. The molecule has 7 heteroatoms. The average molecular weight is 420 g/mol. The largest absolute Gasteiger partial charge is 0.487 e. The molecule has 28 heavy (non-hydrogen) atoms. The summed E-state index contributed by atoms with van der Waals surface area (Å²) >= 11 is 12.5. The van der Waals surface area contributed by atoms with Crippen molar-refractivity contribution in [2.45, 2.75) is 45.3 Å². The summed E-state index contributed by atoms with van der Waals surface area (Å²) in [4.78, 5) is 4.18. The van der Waals surface area contributed by atoms with Crippen LogP contribution in [-0.4, -0.2) is 26.4 Å². The van der Waals surface area contributed by atoms with Crippen LogP contribution >= 0.6 is 23.2 Å². The maximum absolute atomic E-state index is 11.9. The molecule has 2 N–H and O–H groups in total. The summed E-state index contributed by atoms with van der Waals surface area (Å²) in [5.41, 5.74) is 1.25. The van der Waals surface area contributed by atoms with Crippen LogP contribution in [0.1, 0.15) is 35.9 Å². The molecule has 148 valence electrons. The van der Waals surface area contributed by atoms with Crippen LogP contribution in [0, 0.1) is 13.8 Å². The second kappa shape index (κ2) is 8.52. The second-order valence-corrected chi connectivity index (χ2v) is 7.71. The molecule has 1 aromatic heterocycles. The lowest BCUT2D eigenvalue weighted by molar-refractivity contribution is -0.0701. The SMILES string of the molecule is CCC(Oc1cccc(C)c1C)C(O)(Cc1ncn[nH]1)c1ccc(Cl)cc1Cl. The summed E-state index contributed by atoms with van der Waals surface area (Å²) in [6.45, 7) is 5.99. The van der Waals surface area contributed by atoms with Gasteiger partial charge in [0.2, 0.25) is 0 Å². The number of hydrogen-bond acceptors (Lipinski definition) is 4. The lowest BCUT2D eigenvalue weighted by Crippen LogP contribution is -2.45. The summed E-state index contributed by atoms with van der Waals surface area (Å²) in [7, 11) is 0. The van der Waals surface area contributed by atoms with Crippen molar-refractivity contribution < 1.29 is 9.84 Å². The number of nitrogens with one attached hydrogen (secondary N) is 1. The number of nitrogens with zero attached hydrogens (tertiary/aromatic N) is 2. The Kier molecular flexibility index (Phi) is 6.28. The van der Waals surface area contributed by atoms with E-state index in [1.807, 2.05) is 39.0 Å². The van der Waals surface area contributed by atoms with Crippen molar-refractivity contribution in [3.05, 3.63) is 75.3 Å². The molecule has 0 bridgehead atoms. The van der Waals surface area contributed by atoms with Gasteiger partial charge in [-0.3, -0.25) is 5.10 Å². The van der Waals surface area contributed by atoms with Crippen molar-refractivity contribution in [3.8, 4) is 5.75 Å². The first-order valence-corrected chi connectivity index (χ1v) is 9.85. The van der Waals surface area contributed by atoms with Crippen LogP contribution in [0.5, 0.6) is 5.75 Å². The van der Waals surface area contributed by atoms with Crippen LogP contribution in [-0.2, 0) is 12.0 Å². The number of H-pyrrole nitrogens is 1. The van der Waals surface area contributed by atoms with Crippen molar-refractivity contribution in [3.63, 3.8) is 0 Å². The molecule has 3 rings (SSSR count). The van der Waals surface area contributed by atoms with Gasteiger partial charge in [-0.25, -0.2) is 4.98 Å². The topological polar surface area (TPSA) is 71.0 Å². The van der Waals surface area contributed by atoms with Gasteiger partial charge in [-0.2, -0.15) is 5.10 Å². The summed E-state index contributed by atoms with van der Waals surface area (Å²) in [6, 6.07) is 10.9. The molecule has 0 spiro atoms. The van der Waals surface area contributed by atoms with E-state index in [4.69, 9.17) is 27.9 Å². The van der Waals surface area contributed by atoms with Crippen molar-refractivity contribution in [2.75, 3.05) is 0 Å². The van der Waals surface area contributed by atoms with E-state index < -0.39 is 11.7 Å². The van der Waals surface area contributed by atoms with Gasteiger partial charge in [0.25, 0.3) is 0 Å². The monoisotopic (exact) mass is 419 g/mol. The van der Waals surface area contributed by atoms with E-state index in [1.54, 1.807) is 18.2 Å². The molecule has 0 aliphatic carbocycles. The zero-order valence-corrected chi connectivity index (χ0v) is 17.6. The molecule has 0 amide bonds. The third kappa shape index (κ3) is 4.17. The first-order chi connectivity index (χ1) is 13.3. The van der Waals surface area contributed by atoms with E-state index >= 15 is 0 Å². The van der Waals surface area contributed by atoms with Crippen molar-refractivity contribution >= 4 is 23.2 Å². The third-order valence-corrected chi connectivity index (χ3v) is 5.57. The van der Waals surface area contributed by atoms with E-state index in [-0.39, 0.29) is 6.42 Å². The number of rotatable bonds is 7. The minimum Gasteiger partial charge on any atom is -0.487 e. The minimum absolute atomic E-state index is 0.164. The molecule has 0 aliphatic heterocycles. The highest BCUT2D eigenvalue weighted by molar-refractivity contribution is 6.35. The van der Waals surface area contributed by atoms with E-state index in [0.29, 0.717) is 27.9 Å². The second-order valence-electron chi connectivity index (χ2n) is 6.87. The fraction of sp³-hybridized carbons (Fsp3) is 0.333. The van der Waals surface area contributed by atoms with Crippen LogP contribution in [0.2, 0.25) is 10.0 Å². The molecule has 2 atom stereocenters. The molecule has 2 aromatic carbocycles. The molecule has 0 saturated carbocycles. The number of ether oxygens (including phenoxy) is 1. The molecule has 0 aliphatic rings. The van der Waals surface area contributed by atoms with Gasteiger partial charge < -0.3 is 9.84 Å². The molecule has 2 unspecified atom stereocenters. The Morgan fingerprint density at radius 1 is 1.21 bits per heavy atom. The number of benzene rings is 2. The first kappa shape index (κ1) is 20.6. The Morgan fingerprint density at radius 3 is 2.64 bits per heavy atom. The van der Waals surface area contributed by atoms with Crippen LogP contribution < -0.4 is 4.74 Å². The predicted octanol–water partition coefficient (Wildman–Crippen LogP) is 5.02. The van der Waals surface area contributed by atoms with Gasteiger partial charge in [0.1, 0.15) is 29.6 Å². The van der Waals surface area contributed by atoms with Gasteiger partial charge in [0.15, 0.2) is 0 Å². The van der Waals surface area contributed by atoms with Gasteiger partial charge in [0, 0.05) is 22.0 Å². The van der Waals surface area contributed by atoms with E-state index in [1.165, 1.54) is 6.33 Å². The van der Waals surface area contributed by atoms with Gasteiger partial charge in [-0.1, -0.05) is 48.3 Å². The molecule has 0 saturated heterocycles. The molecule has 0 radical (unpaired) electrons. The van der Waals surface area contributed by atoms with Crippen LogP contribution in [0.3, 0.4) is 0 Å². The van der Waals surface area contributed by atoms with Gasteiger partial charge in [0.05, 0.1) is 0 Å². The maximum atomic E-state index is 11.9. The standard InChI is InChI=1S/C21H23Cl2N3O2/c1-4-19(28-18-7-5-6-13(2)14(18)3)21(27,11-20-24-12-25-26-20)16-9-8-15(22)10-17(16)23/h5-10,12,19,27H,4,11H2,1-3H3,(H,24,25,26). The Balaban J connectivity index is 2.06. The molecule has 3 aromatic rings. The van der Waals surface area contributed by atoms with Crippen LogP contribution in [0.15, 0.2) is 42.7 Å². The fourth-order valence-corrected chi connectivity index (χ4v) is 3.89. The number of aliphatic hydroxyl groups is 1. The smallest absolute Gasteiger partial charge is 0.137 e. The van der Waals surface area contributed by atoms with Gasteiger partial charge >= 0.3 is 0 Å². The fourth-order valence-electron chi connectivity index (χ4n) is 3.32. The summed E-state index contributed by atoms with van der Waals surface area (Å²) in [5, 5.41) is 19.4. The zero-order valence-electron chi connectivity index (χ0n) is 16.0. The lowest BCUT2D eigenvalue weighted by atomic mass is 9.83. The summed E-state index contributed by atoms with van der Waals surface area (Å²) in [5.74, 6) is 1.27. The molecule has 5 nitrogen and oxygen atoms in total. The summed E-state index contributed by atoms with van der Waals surface area (Å²) in [6.07, 6.45) is 1.55. The molecular weight excluding hydrogens is 397 g/mol. The number of aryl methyl sites for hydroxylation is 1. The molecule has 0 fully saturated rings. The number of aromatic nitrogens is 3. The van der Waals surface area contributed by atoms with E-state index in [2.05, 4.69) is 15.2 Å². The Bertz CT molecular complexity index is 947. The zero-order chi connectivity index (χ0) is 20.3. The van der Waals surface area contributed by atoms with Crippen molar-refractivity contribution in [2.24, 2.45) is 0 Å². The Hall–Kier alpha value is -2.08. The molecule has 1 heterocycles. The number of aromatic amines is 1. The normalized spacial score (nSPS) is 14.5. The Morgan fingerprint density at radius 2 is 2.00 bits per heavy atom. The number of halogens is 2. The average Bonchev–Trinajstić information content (AvgIpc) is 3.15. The quantitative estimate of drug-likeness (QED) is 0.563. The predicted molar refractivity (Wildman–Crippen MR) is 111 cm³/mol. The minimum atomic E-state index is -1.44. The van der Waals surface area contributed by atoms with E-state index in [9.17, 15) is 5.11 Å². The van der Waals surface area contributed by atoms with Gasteiger partial charge in [-0.15, -0.1) is 0 Å². The molecular formula is C21H23Cl2N3O2. The van der Waals surface area contributed by atoms with Crippen molar-refractivity contribution in [1.82, 2.24) is 15.2 Å². The highest BCUT2D eigenvalue weighted by Crippen LogP contribution is 2.38. The maximum Gasteiger partial charge on any atom is 0.137 e.